The van der Waals surface area contributed by atoms with Gasteiger partial charge in [-0.15, -0.1) is 18.3 Å². The number of para-hydroxylation sites is 1. The van der Waals surface area contributed by atoms with Crippen LogP contribution in [0, 0.1) is 0 Å². The molecule has 3 nitrogen and oxygen atoms in total. The van der Waals surface area contributed by atoms with Gasteiger partial charge in [-0.05, 0) is 29.8 Å². The van der Waals surface area contributed by atoms with E-state index in [1.54, 1.807) is 31.0 Å². The fourth-order valence-electron chi connectivity index (χ4n) is 1.93. The van der Waals surface area contributed by atoms with Gasteiger partial charge < -0.3 is 15.2 Å². The van der Waals surface area contributed by atoms with Gasteiger partial charge in [0.05, 0.1) is 7.11 Å². The summed E-state index contributed by atoms with van der Waals surface area (Å²) >= 11 is 1.74. The van der Waals surface area contributed by atoms with E-state index in [1.165, 1.54) is 4.90 Å². The number of hydrogen-bond acceptors (Lipinski definition) is 4. The smallest absolute Gasteiger partial charge is 0.160 e. The van der Waals surface area contributed by atoms with Crippen molar-refractivity contribution in [3.8, 4) is 11.5 Å². The first kappa shape index (κ1) is 15.3. The van der Waals surface area contributed by atoms with Gasteiger partial charge in [-0.2, -0.15) is 0 Å². The standard InChI is InChI=1S/C17H19NO2S/c1-3-10-21-17-7-5-4-6-14(17)18-12-13-8-9-16(20-2)15(19)11-13/h3-9,11,18-19H,1,10,12H2,2H3. The number of benzene rings is 2. The predicted molar refractivity (Wildman–Crippen MR) is 89.3 cm³/mol. The van der Waals surface area contributed by atoms with Gasteiger partial charge in [-0.25, -0.2) is 0 Å². The highest BCUT2D eigenvalue weighted by Gasteiger charge is 2.04. The van der Waals surface area contributed by atoms with Crippen molar-refractivity contribution in [2.75, 3.05) is 18.2 Å². The predicted octanol–water partition coefficient (Wildman–Crippen LogP) is 4.29. The topological polar surface area (TPSA) is 41.5 Å². The van der Waals surface area contributed by atoms with E-state index in [-0.39, 0.29) is 5.75 Å². The van der Waals surface area contributed by atoms with Crippen molar-refractivity contribution < 1.29 is 9.84 Å². The molecule has 2 aromatic carbocycles. The molecule has 0 aliphatic carbocycles. The molecule has 0 amide bonds. The second-order valence-electron chi connectivity index (χ2n) is 4.46. The zero-order valence-corrected chi connectivity index (χ0v) is 12.8. The average Bonchev–Trinajstić information content (AvgIpc) is 2.52. The molecule has 2 rings (SSSR count). The summed E-state index contributed by atoms with van der Waals surface area (Å²) in [6.07, 6.45) is 1.89. The number of methoxy groups -OCH3 is 1. The molecule has 0 aliphatic heterocycles. The third kappa shape index (κ3) is 4.20. The number of nitrogens with one attached hydrogen (secondary N) is 1. The number of ether oxygens (including phenoxy) is 1. The lowest BCUT2D eigenvalue weighted by Gasteiger charge is -2.12. The largest absolute Gasteiger partial charge is 0.504 e. The van der Waals surface area contributed by atoms with Gasteiger partial charge >= 0.3 is 0 Å². The SMILES string of the molecule is C=CCSc1ccccc1NCc1ccc(OC)c(O)c1. The lowest BCUT2D eigenvalue weighted by atomic mass is 10.2. The molecule has 0 aliphatic rings. The molecule has 4 heteroatoms. The molecule has 0 heterocycles. The number of aromatic hydroxyl groups is 1. The van der Waals surface area contributed by atoms with E-state index in [2.05, 4.69) is 24.0 Å². The van der Waals surface area contributed by atoms with Crippen molar-refractivity contribution >= 4 is 17.4 Å². The summed E-state index contributed by atoms with van der Waals surface area (Å²) in [5, 5.41) is 13.2. The molecule has 0 radical (unpaired) electrons. The van der Waals surface area contributed by atoms with Crippen molar-refractivity contribution in [1.29, 1.82) is 0 Å². The van der Waals surface area contributed by atoms with E-state index >= 15 is 0 Å². The van der Waals surface area contributed by atoms with Gasteiger partial charge in [0, 0.05) is 22.9 Å². The molecule has 0 saturated heterocycles. The Bertz CT molecular complexity index is 613. The lowest BCUT2D eigenvalue weighted by Crippen LogP contribution is -2.00. The molecule has 21 heavy (non-hydrogen) atoms. The van der Waals surface area contributed by atoms with Crippen LogP contribution in [0.15, 0.2) is 60.0 Å². The summed E-state index contributed by atoms with van der Waals surface area (Å²) in [6.45, 7) is 4.39. The van der Waals surface area contributed by atoms with Gasteiger partial charge in [0.25, 0.3) is 0 Å². The molecule has 110 valence electrons. The van der Waals surface area contributed by atoms with E-state index in [1.807, 2.05) is 24.3 Å². The van der Waals surface area contributed by atoms with Crippen molar-refractivity contribution in [2.45, 2.75) is 11.4 Å². The number of anilines is 1. The number of phenols is 1. The Morgan fingerprint density at radius 1 is 1.29 bits per heavy atom. The van der Waals surface area contributed by atoms with E-state index in [0.717, 1.165) is 17.0 Å². The summed E-state index contributed by atoms with van der Waals surface area (Å²) in [4.78, 5) is 1.19. The molecule has 0 spiro atoms. The number of thioether (sulfide) groups is 1. The maximum absolute atomic E-state index is 9.79. The highest BCUT2D eigenvalue weighted by Crippen LogP contribution is 2.29. The first-order valence-corrected chi connectivity index (χ1v) is 7.65. The van der Waals surface area contributed by atoms with Crippen molar-refractivity contribution in [3.05, 3.63) is 60.7 Å². The van der Waals surface area contributed by atoms with Crippen LogP contribution in [-0.2, 0) is 6.54 Å². The minimum Gasteiger partial charge on any atom is -0.504 e. The van der Waals surface area contributed by atoms with Gasteiger partial charge in [-0.1, -0.05) is 24.3 Å². The summed E-state index contributed by atoms with van der Waals surface area (Å²) in [7, 11) is 1.54. The van der Waals surface area contributed by atoms with E-state index in [4.69, 9.17) is 4.74 Å². The van der Waals surface area contributed by atoms with E-state index in [9.17, 15) is 5.11 Å². The third-order valence-corrected chi connectivity index (χ3v) is 4.04. The maximum Gasteiger partial charge on any atom is 0.160 e. The minimum atomic E-state index is 0.158. The first-order valence-electron chi connectivity index (χ1n) is 6.67. The normalized spacial score (nSPS) is 10.1. The Balaban J connectivity index is 2.05. The summed E-state index contributed by atoms with van der Waals surface area (Å²) < 4.78 is 5.04. The first-order chi connectivity index (χ1) is 10.2. The van der Waals surface area contributed by atoms with Crippen LogP contribution < -0.4 is 10.1 Å². The molecule has 0 unspecified atom stereocenters. The lowest BCUT2D eigenvalue weighted by molar-refractivity contribution is 0.373. The fraction of sp³-hybridized carbons (Fsp3) is 0.176. The van der Waals surface area contributed by atoms with E-state index < -0.39 is 0 Å². The number of hydrogen-bond donors (Lipinski definition) is 2. The van der Waals surface area contributed by atoms with Crippen molar-refractivity contribution in [3.63, 3.8) is 0 Å². The van der Waals surface area contributed by atoms with Crippen LogP contribution in [0.1, 0.15) is 5.56 Å². The Kier molecular flexibility index (Phi) is 5.58. The fourth-order valence-corrected chi connectivity index (χ4v) is 2.70. The van der Waals surface area contributed by atoms with Gasteiger partial charge in [0.2, 0.25) is 0 Å². The number of phenolic OH excluding ortho intramolecular Hbond substituents is 1. The Morgan fingerprint density at radius 2 is 2.10 bits per heavy atom. The molecule has 0 aromatic heterocycles. The van der Waals surface area contributed by atoms with Crippen LogP contribution in [0.2, 0.25) is 0 Å². The molecular formula is C17H19NO2S. The summed E-state index contributed by atoms with van der Waals surface area (Å²) in [5.41, 5.74) is 2.08. The maximum atomic E-state index is 9.79. The van der Waals surface area contributed by atoms with Crippen LogP contribution in [0.5, 0.6) is 11.5 Å². The van der Waals surface area contributed by atoms with Gasteiger partial charge in [-0.3, -0.25) is 0 Å². The quantitative estimate of drug-likeness (QED) is 0.591. The monoisotopic (exact) mass is 301 g/mol. The average molecular weight is 301 g/mol. The minimum absolute atomic E-state index is 0.158. The summed E-state index contributed by atoms with van der Waals surface area (Å²) in [5.74, 6) is 1.52. The van der Waals surface area contributed by atoms with Crippen LogP contribution in [-0.4, -0.2) is 18.0 Å². The zero-order chi connectivity index (χ0) is 15.1. The number of rotatable bonds is 7. The Hall–Kier alpha value is -2.07. The molecular weight excluding hydrogens is 282 g/mol. The third-order valence-electron chi connectivity index (χ3n) is 2.97. The molecule has 0 bridgehead atoms. The van der Waals surface area contributed by atoms with Crippen molar-refractivity contribution in [2.24, 2.45) is 0 Å². The van der Waals surface area contributed by atoms with Crippen LogP contribution in [0.4, 0.5) is 5.69 Å². The van der Waals surface area contributed by atoms with Crippen LogP contribution in [0.3, 0.4) is 0 Å². The highest BCUT2D eigenvalue weighted by atomic mass is 32.2. The summed E-state index contributed by atoms with van der Waals surface area (Å²) in [6, 6.07) is 13.6. The molecule has 0 fully saturated rings. The van der Waals surface area contributed by atoms with E-state index in [0.29, 0.717) is 12.3 Å². The van der Waals surface area contributed by atoms with Crippen LogP contribution >= 0.6 is 11.8 Å². The second kappa shape index (κ2) is 7.64. The zero-order valence-electron chi connectivity index (χ0n) is 12.0. The molecule has 2 N–H and O–H groups in total. The molecule has 0 saturated carbocycles. The second-order valence-corrected chi connectivity index (χ2v) is 5.52. The van der Waals surface area contributed by atoms with Gasteiger partial charge in [0.1, 0.15) is 0 Å². The molecule has 2 aromatic rings. The van der Waals surface area contributed by atoms with Crippen LogP contribution in [0.25, 0.3) is 0 Å². The van der Waals surface area contributed by atoms with Crippen molar-refractivity contribution in [1.82, 2.24) is 0 Å². The Morgan fingerprint density at radius 3 is 2.81 bits per heavy atom. The van der Waals surface area contributed by atoms with Gasteiger partial charge in [0.15, 0.2) is 11.5 Å². The Labute approximate surface area is 129 Å². The molecule has 0 atom stereocenters. The highest BCUT2D eigenvalue weighted by molar-refractivity contribution is 7.99.